The van der Waals surface area contributed by atoms with Crippen molar-refractivity contribution in [1.29, 1.82) is 0 Å². The van der Waals surface area contributed by atoms with Gasteiger partial charge in [-0.3, -0.25) is 0 Å². The van der Waals surface area contributed by atoms with Gasteiger partial charge in [-0.15, -0.1) is 10.2 Å². The Morgan fingerprint density at radius 1 is 1.11 bits per heavy atom. The molecule has 1 aliphatic heterocycles. The second kappa shape index (κ2) is 8.27. The predicted molar refractivity (Wildman–Crippen MR) is 112 cm³/mol. The first-order valence-electron chi connectivity index (χ1n) is 8.91. The molecule has 0 spiro atoms. The van der Waals surface area contributed by atoms with Gasteiger partial charge in [-0.1, -0.05) is 77.4 Å². The van der Waals surface area contributed by atoms with E-state index in [1.165, 1.54) is 0 Å². The molecule has 7 heteroatoms. The van der Waals surface area contributed by atoms with Crippen molar-refractivity contribution >= 4 is 33.4 Å². The van der Waals surface area contributed by atoms with Gasteiger partial charge in [-0.2, -0.15) is 4.98 Å². The lowest BCUT2D eigenvalue weighted by Gasteiger charge is -2.20. The summed E-state index contributed by atoms with van der Waals surface area (Å²) >= 11 is 5.23. The van der Waals surface area contributed by atoms with Crippen molar-refractivity contribution in [1.82, 2.24) is 15.2 Å². The van der Waals surface area contributed by atoms with Crippen LogP contribution >= 0.6 is 27.7 Å². The molecular weight excluding hydrogens is 424 g/mol. The summed E-state index contributed by atoms with van der Waals surface area (Å²) in [6.45, 7) is 2.17. The smallest absolute Gasteiger partial charge is 0.247 e. The zero-order valence-corrected chi connectivity index (χ0v) is 17.3. The van der Waals surface area contributed by atoms with Gasteiger partial charge in [0.05, 0.1) is 0 Å². The lowest BCUT2D eigenvalue weighted by Crippen LogP contribution is -2.17. The quantitative estimate of drug-likeness (QED) is 0.404. The highest BCUT2D eigenvalue weighted by Gasteiger charge is 2.26. The van der Waals surface area contributed by atoms with Crippen molar-refractivity contribution in [3.63, 3.8) is 0 Å². The lowest BCUT2D eigenvalue weighted by molar-refractivity contribution is 0.224. The summed E-state index contributed by atoms with van der Waals surface area (Å²) in [5.41, 5.74) is 3.54. The van der Waals surface area contributed by atoms with Crippen LogP contribution in [-0.4, -0.2) is 20.9 Å². The van der Waals surface area contributed by atoms with Crippen LogP contribution in [-0.2, 0) is 0 Å². The number of rotatable bonds is 5. The van der Waals surface area contributed by atoms with E-state index in [1.807, 2.05) is 48.5 Å². The maximum absolute atomic E-state index is 6.29. The Labute approximate surface area is 171 Å². The standard InChI is InChI=1S/C20H19BrN4OS/c1-2-3-12-27-20-23-19-17(24-25-20)14-9-5-7-11-16(14)22-18(26-19)13-8-4-6-10-15(13)21/h4-11,18,22H,2-3,12H2,1H3/t18-/m0/s1. The van der Waals surface area contributed by atoms with Crippen LogP contribution in [0.4, 0.5) is 5.69 Å². The SMILES string of the molecule is CCCCSc1nnc2c(n1)O[C@@H](c1ccccc1Br)Nc1ccccc1-2. The highest BCUT2D eigenvalue weighted by atomic mass is 79.9. The second-order valence-corrected chi connectivity index (χ2v) is 8.08. The molecule has 2 aromatic carbocycles. The molecule has 3 aromatic rings. The lowest BCUT2D eigenvalue weighted by atomic mass is 10.1. The van der Waals surface area contributed by atoms with Gasteiger partial charge < -0.3 is 10.1 Å². The summed E-state index contributed by atoms with van der Waals surface area (Å²) in [7, 11) is 0. The number of para-hydroxylation sites is 1. The summed E-state index contributed by atoms with van der Waals surface area (Å²) in [4.78, 5) is 4.66. The number of nitrogens with one attached hydrogen (secondary N) is 1. The van der Waals surface area contributed by atoms with Crippen LogP contribution in [0.5, 0.6) is 5.88 Å². The first kappa shape index (κ1) is 18.3. The summed E-state index contributed by atoms with van der Waals surface area (Å²) in [5, 5.41) is 12.9. The Bertz CT molecular complexity index is 953. The molecule has 0 fully saturated rings. The molecule has 27 heavy (non-hydrogen) atoms. The van der Waals surface area contributed by atoms with Crippen molar-refractivity contribution in [2.45, 2.75) is 31.1 Å². The maximum Gasteiger partial charge on any atom is 0.247 e. The van der Waals surface area contributed by atoms with Gasteiger partial charge in [0.1, 0.15) is 0 Å². The molecule has 138 valence electrons. The number of nitrogens with zero attached hydrogens (tertiary/aromatic N) is 3. The third kappa shape index (κ3) is 3.94. The average molecular weight is 443 g/mol. The normalized spacial score (nSPS) is 15.1. The highest BCUT2D eigenvalue weighted by molar-refractivity contribution is 9.10. The molecule has 2 heterocycles. The summed E-state index contributed by atoms with van der Waals surface area (Å²) in [6, 6.07) is 16.0. The molecule has 1 atom stereocenters. The fourth-order valence-corrected chi connectivity index (χ4v) is 4.20. The monoisotopic (exact) mass is 442 g/mol. The van der Waals surface area contributed by atoms with Crippen molar-refractivity contribution < 1.29 is 4.74 Å². The van der Waals surface area contributed by atoms with Gasteiger partial charge in [0.2, 0.25) is 11.0 Å². The summed E-state index contributed by atoms with van der Waals surface area (Å²) in [5.74, 6) is 1.47. The molecule has 0 amide bonds. The number of aromatic nitrogens is 3. The average Bonchev–Trinajstić information content (AvgIpc) is 2.85. The van der Waals surface area contributed by atoms with Gasteiger partial charge in [0.25, 0.3) is 0 Å². The topological polar surface area (TPSA) is 59.9 Å². The minimum atomic E-state index is -0.381. The summed E-state index contributed by atoms with van der Waals surface area (Å²) in [6.07, 6.45) is 1.88. The molecule has 1 aliphatic rings. The first-order chi connectivity index (χ1) is 13.3. The Morgan fingerprint density at radius 2 is 1.93 bits per heavy atom. The Kier molecular flexibility index (Phi) is 5.59. The summed E-state index contributed by atoms with van der Waals surface area (Å²) < 4.78 is 7.26. The molecule has 0 bridgehead atoms. The second-order valence-electron chi connectivity index (χ2n) is 6.16. The third-order valence-corrected chi connectivity index (χ3v) is 5.90. The van der Waals surface area contributed by atoms with Gasteiger partial charge in [0, 0.05) is 27.0 Å². The van der Waals surface area contributed by atoms with Gasteiger partial charge in [-0.25, -0.2) is 0 Å². The van der Waals surface area contributed by atoms with E-state index >= 15 is 0 Å². The van der Waals surface area contributed by atoms with Crippen molar-refractivity contribution in [3.8, 4) is 17.1 Å². The largest absolute Gasteiger partial charge is 0.448 e. The third-order valence-electron chi connectivity index (χ3n) is 4.25. The molecule has 0 radical (unpaired) electrons. The minimum absolute atomic E-state index is 0.381. The molecule has 5 nitrogen and oxygen atoms in total. The van der Waals surface area contributed by atoms with E-state index in [4.69, 9.17) is 4.74 Å². The molecule has 1 aromatic heterocycles. The van der Waals surface area contributed by atoms with E-state index in [1.54, 1.807) is 11.8 Å². The van der Waals surface area contributed by atoms with Crippen molar-refractivity contribution in [2.24, 2.45) is 0 Å². The van der Waals surface area contributed by atoms with Crippen LogP contribution in [0.1, 0.15) is 31.6 Å². The molecule has 4 rings (SSSR count). The molecule has 0 saturated carbocycles. The van der Waals surface area contributed by atoms with Crippen LogP contribution in [0.3, 0.4) is 0 Å². The fraction of sp³-hybridized carbons (Fsp3) is 0.250. The molecule has 0 aliphatic carbocycles. The number of fused-ring (bicyclic) bond motifs is 3. The molecule has 1 N–H and O–H groups in total. The number of halogens is 1. The Hall–Kier alpha value is -2.12. The zero-order chi connectivity index (χ0) is 18.6. The number of ether oxygens (including phenoxy) is 1. The highest BCUT2D eigenvalue weighted by Crippen LogP contribution is 2.40. The number of hydrogen-bond donors (Lipinski definition) is 1. The zero-order valence-electron chi connectivity index (χ0n) is 14.9. The van der Waals surface area contributed by atoms with Crippen molar-refractivity contribution in [2.75, 3.05) is 11.1 Å². The number of thioether (sulfide) groups is 1. The van der Waals surface area contributed by atoms with Crippen molar-refractivity contribution in [3.05, 3.63) is 58.6 Å². The van der Waals surface area contributed by atoms with E-state index in [-0.39, 0.29) is 6.23 Å². The van der Waals surface area contributed by atoms with Crippen LogP contribution in [0.2, 0.25) is 0 Å². The molecule has 0 saturated heterocycles. The molecular formula is C20H19BrN4OS. The molecule has 0 unspecified atom stereocenters. The minimum Gasteiger partial charge on any atom is -0.448 e. The van der Waals surface area contributed by atoms with Crippen LogP contribution < -0.4 is 10.1 Å². The fourth-order valence-electron chi connectivity index (χ4n) is 2.84. The number of unbranched alkanes of at least 4 members (excludes halogenated alkanes) is 1. The van der Waals surface area contributed by atoms with E-state index in [9.17, 15) is 0 Å². The van der Waals surface area contributed by atoms with Gasteiger partial charge in [-0.05, 0) is 18.6 Å². The maximum atomic E-state index is 6.29. The van der Waals surface area contributed by atoms with Gasteiger partial charge in [0.15, 0.2) is 11.9 Å². The number of anilines is 1. The van der Waals surface area contributed by atoms with Crippen LogP contribution in [0.15, 0.2) is 58.2 Å². The van der Waals surface area contributed by atoms with Crippen LogP contribution in [0.25, 0.3) is 11.3 Å². The Morgan fingerprint density at radius 3 is 2.78 bits per heavy atom. The Balaban J connectivity index is 1.76. The predicted octanol–water partition coefficient (Wildman–Crippen LogP) is 5.70. The van der Waals surface area contributed by atoms with E-state index < -0.39 is 0 Å². The van der Waals surface area contributed by atoms with Gasteiger partial charge >= 0.3 is 0 Å². The van der Waals surface area contributed by atoms with E-state index in [0.717, 1.165) is 39.9 Å². The number of benzene rings is 2. The van der Waals surface area contributed by atoms with E-state index in [0.29, 0.717) is 16.7 Å². The first-order valence-corrected chi connectivity index (χ1v) is 10.7. The van der Waals surface area contributed by atoms with Crippen LogP contribution in [0, 0.1) is 0 Å². The number of hydrogen-bond acceptors (Lipinski definition) is 6. The van der Waals surface area contributed by atoms with E-state index in [2.05, 4.69) is 43.4 Å².